The van der Waals surface area contributed by atoms with Crippen LogP contribution in [0.5, 0.6) is 0 Å². The van der Waals surface area contributed by atoms with E-state index in [0.717, 1.165) is 0 Å². The highest BCUT2D eigenvalue weighted by Crippen LogP contribution is 2.49. The van der Waals surface area contributed by atoms with Crippen LogP contribution in [0.15, 0.2) is 11.8 Å². The van der Waals surface area contributed by atoms with E-state index in [1.807, 2.05) is 13.8 Å². The van der Waals surface area contributed by atoms with E-state index in [1.54, 1.807) is 19.9 Å². The monoisotopic (exact) mass is 236 g/mol. The third kappa shape index (κ3) is 5.98. The van der Waals surface area contributed by atoms with Crippen molar-refractivity contribution >= 4 is 7.60 Å². The lowest BCUT2D eigenvalue weighted by Gasteiger charge is -2.18. The minimum absolute atomic E-state index is 0.207. The molecule has 0 aliphatic carbocycles. The van der Waals surface area contributed by atoms with Gasteiger partial charge in [-0.15, -0.1) is 0 Å². The van der Waals surface area contributed by atoms with Crippen molar-refractivity contribution in [3.8, 4) is 0 Å². The van der Waals surface area contributed by atoms with Crippen LogP contribution in [0.2, 0.25) is 0 Å². The third-order valence-corrected chi connectivity index (χ3v) is 3.65. The fourth-order valence-corrected chi connectivity index (χ4v) is 2.82. The second-order valence-electron chi connectivity index (χ2n) is 2.79. The summed E-state index contributed by atoms with van der Waals surface area (Å²) in [6.45, 7) is 8.62. The Hall–Kier alpha value is -0.310. The normalized spacial score (nSPS) is 12.9. The van der Waals surface area contributed by atoms with Gasteiger partial charge in [-0.2, -0.15) is 0 Å². The summed E-state index contributed by atoms with van der Waals surface area (Å²) in [5.74, 6) is 0.655. The molecule has 15 heavy (non-hydrogen) atoms. The SMILES string of the molecule is CC=C(CP(=O)(OCC)OCC)OCC. The first-order valence-corrected chi connectivity index (χ1v) is 7.00. The van der Waals surface area contributed by atoms with Gasteiger partial charge in [-0.1, -0.05) is 0 Å². The van der Waals surface area contributed by atoms with Gasteiger partial charge in [0.15, 0.2) is 0 Å². The summed E-state index contributed by atoms with van der Waals surface area (Å²) < 4.78 is 27.7. The standard InChI is InChI=1S/C10H21O4P/c1-5-10(12-6-2)9-15(11,13-7-3)14-8-4/h5H,6-9H2,1-4H3. The Kier molecular flexibility index (Phi) is 7.75. The molecule has 5 heteroatoms. The predicted molar refractivity (Wildman–Crippen MR) is 61.1 cm³/mol. The third-order valence-electron chi connectivity index (χ3n) is 1.65. The molecule has 0 aromatic rings. The van der Waals surface area contributed by atoms with E-state index in [2.05, 4.69) is 0 Å². The molecule has 4 nitrogen and oxygen atoms in total. The summed E-state index contributed by atoms with van der Waals surface area (Å²) in [6.07, 6.45) is 1.99. The number of ether oxygens (including phenoxy) is 1. The molecule has 0 saturated heterocycles. The summed E-state index contributed by atoms with van der Waals surface area (Å²) in [4.78, 5) is 0. The fraction of sp³-hybridized carbons (Fsp3) is 0.800. The Labute approximate surface area is 92.1 Å². The summed E-state index contributed by atoms with van der Waals surface area (Å²) >= 11 is 0. The molecule has 0 bridgehead atoms. The quantitative estimate of drug-likeness (QED) is 0.479. The van der Waals surface area contributed by atoms with Gasteiger partial charge in [0.1, 0.15) is 11.9 Å². The zero-order chi connectivity index (χ0) is 11.7. The van der Waals surface area contributed by atoms with Crippen LogP contribution in [0.4, 0.5) is 0 Å². The number of hydrogen-bond acceptors (Lipinski definition) is 4. The van der Waals surface area contributed by atoms with Crippen molar-refractivity contribution in [2.75, 3.05) is 26.0 Å². The van der Waals surface area contributed by atoms with Gasteiger partial charge >= 0.3 is 7.60 Å². The molecule has 0 N–H and O–H groups in total. The Morgan fingerprint density at radius 2 is 1.67 bits per heavy atom. The second-order valence-corrected chi connectivity index (χ2v) is 4.85. The molecular formula is C10H21O4P. The van der Waals surface area contributed by atoms with Gasteiger partial charge in [0.05, 0.1) is 19.8 Å². The first-order chi connectivity index (χ1) is 7.11. The van der Waals surface area contributed by atoms with E-state index in [9.17, 15) is 4.57 Å². The molecule has 90 valence electrons. The van der Waals surface area contributed by atoms with Crippen molar-refractivity contribution in [1.29, 1.82) is 0 Å². The van der Waals surface area contributed by atoms with Crippen LogP contribution in [-0.4, -0.2) is 26.0 Å². The maximum atomic E-state index is 12.1. The van der Waals surface area contributed by atoms with Crippen LogP contribution in [0.25, 0.3) is 0 Å². The summed E-state index contributed by atoms with van der Waals surface area (Å²) in [6, 6.07) is 0. The topological polar surface area (TPSA) is 44.8 Å². The maximum absolute atomic E-state index is 12.1. The second kappa shape index (κ2) is 7.91. The smallest absolute Gasteiger partial charge is 0.338 e. The zero-order valence-electron chi connectivity index (χ0n) is 9.99. The molecule has 0 aliphatic heterocycles. The van der Waals surface area contributed by atoms with Crippen molar-refractivity contribution in [3.05, 3.63) is 11.8 Å². The van der Waals surface area contributed by atoms with E-state index in [4.69, 9.17) is 13.8 Å². The van der Waals surface area contributed by atoms with Gasteiger partial charge in [-0.25, -0.2) is 0 Å². The lowest BCUT2D eigenvalue weighted by atomic mass is 10.5. The Bertz CT molecular complexity index is 228. The molecule has 0 aliphatic rings. The average molecular weight is 236 g/mol. The molecule has 0 unspecified atom stereocenters. The molecule has 0 amide bonds. The van der Waals surface area contributed by atoms with E-state index in [1.165, 1.54) is 0 Å². The predicted octanol–water partition coefficient (Wildman–Crippen LogP) is 3.19. The maximum Gasteiger partial charge on any atom is 0.338 e. The van der Waals surface area contributed by atoms with Crippen LogP contribution in [0, 0.1) is 0 Å². The van der Waals surface area contributed by atoms with Gasteiger partial charge in [-0.05, 0) is 33.8 Å². The van der Waals surface area contributed by atoms with E-state index in [-0.39, 0.29) is 6.16 Å². The van der Waals surface area contributed by atoms with Crippen LogP contribution in [0.1, 0.15) is 27.7 Å². The van der Waals surface area contributed by atoms with Crippen molar-refractivity contribution < 1.29 is 18.3 Å². The van der Waals surface area contributed by atoms with Crippen LogP contribution >= 0.6 is 7.60 Å². The molecule has 0 radical (unpaired) electrons. The largest absolute Gasteiger partial charge is 0.498 e. The summed E-state index contributed by atoms with van der Waals surface area (Å²) in [5, 5.41) is 0. The van der Waals surface area contributed by atoms with Crippen molar-refractivity contribution in [2.45, 2.75) is 27.7 Å². The highest BCUT2D eigenvalue weighted by atomic mass is 31.2. The van der Waals surface area contributed by atoms with Gasteiger partial charge in [0.25, 0.3) is 0 Å². The van der Waals surface area contributed by atoms with Crippen LogP contribution in [0.3, 0.4) is 0 Å². The molecule has 0 heterocycles. The Balaban J connectivity index is 4.44. The lowest BCUT2D eigenvalue weighted by Crippen LogP contribution is -2.04. The van der Waals surface area contributed by atoms with Crippen molar-refractivity contribution in [2.24, 2.45) is 0 Å². The zero-order valence-corrected chi connectivity index (χ0v) is 10.9. The van der Waals surface area contributed by atoms with Crippen molar-refractivity contribution in [1.82, 2.24) is 0 Å². The molecule has 0 rings (SSSR count). The molecular weight excluding hydrogens is 215 g/mol. The minimum atomic E-state index is -3.01. The molecule has 0 saturated carbocycles. The van der Waals surface area contributed by atoms with Crippen LogP contribution in [-0.2, 0) is 18.3 Å². The molecule has 0 aromatic carbocycles. The summed E-state index contributed by atoms with van der Waals surface area (Å²) in [7, 11) is -3.01. The van der Waals surface area contributed by atoms with Gasteiger partial charge in [0, 0.05) is 0 Å². The molecule has 0 aromatic heterocycles. The first-order valence-electron chi connectivity index (χ1n) is 5.27. The van der Waals surface area contributed by atoms with Crippen LogP contribution < -0.4 is 0 Å². The fourth-order valence-electron chi connectivity index (χ4n) is 1.12. The minimum Gasteiger partial charge on any atom is -0.498 e. The summed E-state index contributed by atoms with van der Waals surface area (Å²) in [5.41, 5.74) is 0. The highest BCUT2D eigenvalue weighted by Gasteiger charge is 2.25. The highest BCUT2D eigenvalue weighted by molar-refractivity contribution is 7.54. The van der Waals surface area contributed by atoms with E-state index in [0.29, 0.717) is 25.6 Å². The molecule has 0 fully saturated rings. The average Bonchev–Trinajstić information content (AvgIpc) is 2.17. The van der Waals surface area contributed by atoms with E-state index < -0.39 is 7.60 Å². The molecule has 0 atom stereocenters. The molecule has 0 spiro atoms. The number of rotatable bonds is 8. The van der Waals surface area contributed by atoms with Crippen molar-refractivity contribution in [3.63, 3.8) is 0 Å². The van der Waals surface area contributed by atoms with Gasteiger partial charge < -0.3 is 13.8 Å². The number of allylic oxidation sites excluding steroid dienone is 2. The first kappa shape index (κ1) is 14.7. The van der Waals surface area contributed by atoms with E-state index >= 15 is 0 Å². The van der Waals surface area contributed by atoms with Gasteiger partial charge in [-0.3, -0.25) is 4.57 Å². The Morgan fingerprint density at radius 3 is 2.00 bits per heavy atom. The number of hydrogen-bond donors (Lipinski definition) is 0. The Morgan fingerprint density at radius 1 is 1.13 bits per heavy atom. The van der Waals surface area contributed by atoms with Gasteiger partial charge in [0.2, 0.25) is 0 Å². The lowest BCUT2D eigenvalue weighted by molar-refractivity contribution is 0.201.